The number of nitrogens with one attached hydrogen (secondary N) is 1. The number of benzene rings is 2. The lowest BCUT2D eigenvalue weighted by molar-refractivity contribution is -0.196. The number of ether oxygens (including phenoxy) is 2. The highest BCUT2D eigenvalue weighted by atomic mass is 19.4. The number of morpholine rings is 1. The zero-order chi connectivity index (χ0) is 25.3. The van der Waals surface area contributed by atoms with E-state index in [4.69, 9.17) is 10.5 Å². The van der Waals surface area contributed by atoms with E-state index in [9.17, 15) is 18.0 Å². The quantitative estimate of drug-likeness (QED) is 0.472. The molecule has 0 unspecified atom stereocenters. The number of rotatable bonds is 5. The number of hydrogen-bond acceptors (Lipinski definition) is 5. The second-order valence-corrected chi connectivity index (χ2v) is 8.82. The largest absolute Gasteiger partial charge is 0.437 e. The van der Waals surface area contributed by atoms with Crippen LogP contribution in [0.25, 0.3) is 22.2 Å². The molecular formula is C25H29F3N4O3. The molecule has 0 aliphatic carbocycles. The molecule has 0 saturated carbocycles. The van der Waals surface area contributed by atoms with Gasteiger partial charge < -0.3 is 24.7 Å². The number of alkyl halides is 3. The lowest BCUT2D eigenvalue weighted by Crippen LogP contribution is -2.36. The first kappa shape index (κ1) is 24.7. The predicted octanol–water partition coefficient (Wildman–Crippen LogP) is 5.81. The van der Waals surface area contributed by atoms with E-state index < -0.39 is 18.4 Å². The Morgan fingerprint density at radius 3 is 2.34 bits per heavy atom. The number of aromatic nitrogens is 1. The molecule has 1 atom stereocenters. The minimum absolute atomic E-state index is 0.112. The molecule has 10 heteroatoms. The highest BCUT2D eigenvalue weighted by molar-refractivity contribution is 6.02. The van der Waals surface area contributed by atoms with Gasteiger partial charge in [-0.2, -0.15) is 13.2 Å². The summed E-state index contributed by atoms with van der Waals surface area (Å²) in [7, 11) is 0. The maximum atomic E-state index is 12.6. The molecule has 3 N–H and O–H groups in total. The molecule has 1 aliphatic heterocycles. The molecule has 0 bridgehead atoms. The third-order valence-corrected chi connectivity index (χ3v) is 6.07. The lowest BCUT2D eigenvalue weighted by atomic mass is 10.1. The Balaban J connectivity index is 1.63. The van der Waals surface area contributed by atoms with Crippen molar-refractivity contribution in [3.63, 3.8) is 0 Å². The lowest BCUT2D eigenvalue weighted by Gasteiger charge is -2.29. The molecule has 4 rings (SSSR count). The Morgan fingerprint density at radius 1 is 1.09 bits per heavy atom. The average Bonchev–Trinajstić information content (AvgIpc) is 3.11. The van der Waals surface area contributed by atoms with Crippen LogP contribution in [0.3, 0.4) is 0 Å². The smallest absolute Gasteiger partial charge is 0.425 e. The van der Waals surface area contributed by atoms with Gasteiger partial charge in [0.25, 0.3) is 0 Å². The second-order valence-electron chi connectivity index (χ2n) is 8.82. The normalized spacial score (nSPS) is 15.5. The van der Waals surface area contributed by atoms with Crippen LogP contribution in [0.2, 0.25) is 0 Å². The molecule has 1 fully saturated rings. The summed E-state index contributed by atoms with van der Waals surface area (Å²) in [6.45, 7) is 7.98. The van der Waals surface area contributed by atoms with E-state index in [2.05, 4.69) is 45.5 Å². The van der Waals surface area contributed by atoms with Crippen molar-refractivity contribution in [2.24, 2.45) is 0 Å². The Labute approximate surface area is 201 Å². The molecule has 35 heavy (non-hydrogen) atoms. The second kappa shape index (κ2) is 9.69. The summed E-state index contributed by atoms with van der Waals surface area (Å²) >= 11 is 0. The Kier molecular flexibility index (Phi) is 6.84. The highest BCUT2D eigenvalue weighted by Gasteiger charge is 2.39. The summed E-state index contributed by atoms with van der Waals surface area (Å²) in [6.07, 6.45) is -8.00. The topological polar surface area (TPSA) is 81.8 Å². The number of fused-ring (bicyclic) bond motifs is 1. The molecule has 2 aromatic carbocycles. The number of hydrogen-bond donors (Lipinski definition) is 2. The maximum absolute atomic E-state index is 12.6. The van der Waals surface area contributed by atoms with Crippen LogP contribution in [0.5, 0.6) is 0 Å². The van der Waals surface area contributed by atoms with Gasteiger partial charge >= 0.3 is 12.3 Å². The summed E-state index contributed by atoms with van der Waals surface area (Å²) in [5.41, 5.74) is 11.3. The van der Waals surface area contributed by atoms with Crippen LogP contribution >= 0.6 is 0 Å². The molecule has 2 heterocycles. The molecule has 1 aliphatic rings. The number of nitrogens with two attached hydrogens (primary N) is 1. The third-order valence-electron chi connectivity index (χ3n) is 6.07. The van der Waals surface area contributed by atoms with Gasteiger partial charge in [-0.15, -0.1) is 0 Å². The van der Waals surface area contributed by atoms with Crippen LogP contribution < -0.4 is 16.0 Å². The standard InChI is InChI=1S/C25H29F3N4O3/c1-15(2)32-21-14-19(31-10-12-34-13-11-31)8-9-20(21)22(29)23(32)17-4-6-18(7-5-17)30-24(33)35-16(3)25(26,27)28/h4-9,14-16H,10-13,29H2,1-3H3,(H,30,33)/t16-/m1/s1. The van der Waals surface area contributed by atoms with Crippen molar-refractivity contribution in [2.75, 3.05) is 42.3 Å². The molecule has 1 aromatic heterocycles. The van der Waals surface area contributed by atoms with Crippen LogP contribution in [0.4, 0.5) is 35.0 Å². The first-order chi connectivity index (χ1) is 16.6. The molecule has 1 saturated heterocycles. The molecule has 188 valence electrons. The number of carbonyl (C=O) groups excluding carboxylic acids is 1. The molecule has 0 spiro atoms. The van der Waals surface area contributed by atoms with Gasteiger partial charge in [0.15, 0.2) is 6.10 Å². The summed E-state index contributed by atoms with van der Waals surface area (Å²) < 4.78 is 49.9. The van der Waals surface area contributed by atoms with Gasteiger partial charge in [0.2, 0.25) is 0 Å². The molecule has 3 aromatic rings. The summed E-state index contributed by atoms with van der Waals surface area (Å²) in [4.78, 5) is 14.1. The van der Waals surface area contributed by atoms with Gasteiger partial charge in [0, 0.05) is 41.5 Å². The predicted molar refractivity (Wildman–Crippen MR) is 131 cm³/mol. The number of nitrogen functional groups attached to an aromatic ring is 1. The van der Waals surface area contributed by atoms with Crippen molar-refractivity contribution < 1.29 is 27.4 Å². The van der Waals surface area contributed by atoms with E-state index in [0.717, 1.165) is 47.9 Å². The number of carbonyl (C=O) groups is 1. The minimum atomic E-state index is -4.62. The number of anilines is 3. The molecule has 1 amide bonds. The van der Waals surface area contributed by atoms with Gasteiger partial charge in [-0.05, 0) is 51.1 Å². The maximum Gasteiger partial charge on any atom is 0.425 e. The van der Waals surface area contributed by atoms with Crippen molar-refractivity contribution in [3.8, 4) is 11.3 Å². The summed E-state index contributed by atoms with van der Waals surface area (Å²) in [5.74, 6) is 0. The van der Waals surface area contributed by atoms with E-state index in [1.165, 1.54) is 0 Å². The zero-order valence-electron chi connectivity index (χ0n) is 19.9. The van der Waals surface area contributed by atoms with Crippen LogP contribution in [-0.4, -0.2) is 49.2 Å². The first-order valence-electron chi connectivity index (χ1n) is 11.5. The molecular weight excluding hydrogens is 461 g/mol. The van der Waals surface area contributed by atoms with Gasteiger partial charge in [-0.3, -0.25) is 5.32 Å². The monoisotopic (exact) mass is 490 g/mol. The minimum Gasteiger partial charge on any atom is -0.437 e. The zero-order valence-corrected chi connectivity index (χ0v) is 19.9. The Morgan fingerprint density at radius 2 is 1.74 bits per heavy atom. The van der Waals surface area contributed by atoms with E-state index in [1.807, 2.05) is 6.07 Å². The van der Waals surface area contributed by atoms with Crippen LogP contribution in [0.15, 0.2) is 42.5 Å². The number of nitrogens with zero attached hydrogens (tertiary/aromatic N) is 2. The first-order valence-corrected chi connectivity index (χ1v) is 11.5. The van der Waals surface area contributed by atoms with Gasteiger partial charge in [0.05, 0.1) is 30.1 Å². The third kappa shape index (κ3) is 5.17. The number of halogens is 3. The van der Waals surface area contributed by atoms with E-state index in [1.54, 1.807) is 24.3 Å². The van der Waals surface area contributed by atoms with Crippen molar-refractivity contribution in [1.29, 1.82) is 0 Å². The summed E-state index contributed by atoms with van der Waals surface area (Å²) in [5, 5.41) is 3.27. The molecule has 7 nitrogen and oxygen atoms in total. The SMILES string of the molecule is CC(C)n1c(-c2ccc(NC(=O)O[C@H](C)C(F)(F)F)cc2)c(N)c2ccc(N3CCOCC3)cc21. The fourth-order valence-corrected chi connectivity index (χ4v) is 4.26. The van der Waals surface area contributed by atoms with E-state index in [-0.39, 0.29) is 6.04 Å². The Hall–Kier alpha value is -3.40. The Bertz CT molecular complexity index is 1200. The van der Waals surface area contributed by atoms with Crippen LogP contribution in [0.1, 0.15) is 26.8 Å². The highest BCUT2D eigenvalue weighted by Crippen LogP contribution is 2.40. The van der Waals surface area contributed by atoms with Gasteiger partial charge in [0.1, 0.15) is 0 Å². The van der Waals surface area contributed by atoms with Crippen LogP contribution in [-0.2, 0) is 9.47 Å². The average molecular weight is 491 g/mol. The van der Waals surface area contributed by atoms with Crippen molar-refractivity contribution in [2.45, 2.75) is 39.1 Å². The fraction of sp³-hybridized carbons (Fsp3) is 0.400. The van der Waals surface area contributed by atoms with Crippen molar-refractivity contribution in [3.05, 3.63) is 42.5 Å². The summed E-state index contributed by atoms with van der Waals surface area (Å²) in [6, 6.07) is 13.1. The molecule has 0 radical (unpaired) electrons. The van der Waals surface area contributed by atoms with E-state index >= 15 is 0 Å². The van der Waals surface area contributed by atoms with Crippen LogP contribution in [0, 0.1) is 0 Å². The fourth-order valence-electron chi connectivity index (χ4n) is 4.26. The van der Waals surface area contributed by atoms with Gasteiger partial charge in [-0.25, -0.2) is 4.79 Å². The number of amides is 1. The van der Waals surface area contributed by atoms with Crippen molar-refractivity contribution in [1.82, 2.24) is 4.57 Å². The van der Waals surface area contributed by atoms with Gasteiger partial charge in [-0.1, -0.05) is 12.1 Å². The van der Waals surface area contributed by atoms with Crippen molar-refractivity contribution >= 4 is 34.1 Å². The van der Waals surface area contributed by atoms with E-state index in [0.29, 0.717) is 24.6 Å².